The van der Waals surface area contributed by atoms with E-state index < -0.39 is 0 Å². The fourth-order valence-corrected chi connectivity index (χ4v) is 1.75. The molecule has 2 aromatic rings. The molecular weight excluding hydrogens is 220 g/mol. The molecule has 0 spiro atoms. The van der Waals surface area contributed by atoms with Crippen molar-refractivity contribution in [2.45, 2.75) is 0 Å². The smallest absolute Gasteiger partial charge is 0.263 e. The number of nitrogens with one attached hydrogen (secondary N) is 1. The van der Waals surface area contributed by atoms with Gasteiger partial charge in [0.1, 0.15) is 0 Å². The first-order chi connectivity index (χ1) is 6.61. The second-order valence-electron chi connectivity index (χ2n) is 2.96. The Labute approximate surface area is 90.0 Å². The Morgan fingerprint density at radius 2 is 2.21 bits per heavy atom. The van der Waals surface area contributed by atoms with Gasteiger partial charge in [-0.15, -0.1) is 0 Å². The van der Waals surface area contributed by atoms with Crippen molar-refractivity contribution in [1.29, 1.82) is 0 Å². The van der Waals surface area contributed by atoms with E-state index in [1.165, 1.54) is 4.57 Å². The molecule has 72 valence electrons. The van der Waals surface area contributed by atoms with Gasteiger partial charge in [-0.3, -0.25) is 9.36 Å². The Bertz CT molecular complexity index is 614. The van der Waals surface area contributed by atoms with Crippen LogP contribution in [0.3, 0.4) is 0 Å². The molecule has 1 aromatic heterocycles. The van der Waals surface area contributed by atoms with Crippen LogP contribution in [-0.2, 0) is 7.05 Å². The lowest BCUT2D eigenvalue weighted by molar-refractivity contribution is 0.824. The van der Waals surface area contributed by atoms with Crippen LogP contribution in [0.25, 0.3) is 10.9 Å². The van der Waals surface area contributed by atoms with Gasteiger partial charge in [-0.1, -0.05) is 17.7 Å². The summed E-state index contributed by atoms with van der Waals surface area (Å²) in [7, 11) is 1.62. The molecule has 0 fully saturated rings. The molecule has 0 atom stereocenters. The maximum absolute atomic E-state index is 11.8. The number of aromatic nitrogens is 2. The van der Waals surface area contributed by atoms with Crippen LogP contribution in [0.5, 0.6) is 0 Å². The molecule has 1 N–H and O–H groups in total. The molecule has 2 rings (SSSR count). The number of benzene rings is 1. The highest BCUT2D eigenvalue weighted by atomic mass is 35.5. The Kier molecular flexibility index (Phi) is 2.17. The summed E-state index contributed by atoms with van der Waals surface area (Å²) in [5.41, 5.74) is 0.500. The third-order valence-corrected chi connectivity index (χ3v) is 2.77. The van der Waals surface area contributed by atoms with E-state index in [0.717, 1.165) is 0 Å². The molecule has 3 nitrogen and oxygen atoms in total. The molecule has 0 saturated carbocycles. The van der Waals surface area contributed by atoms with E-state index in [4.69, 9.17) is 23.8 Å². The molecule has 5 heteroatoms. The molecule has 1 aromatic carbocycles. The van der Waals surface area contributed by atoms with Crippen LogP contribution in [0.1, 0.15) is 0 Å². The summed E-state index contributed by atoms with van der Waals surface area (Å²) in [6, 6.07) is 5.23. The quantitative estimate of drug-likeness (QED) is 0.700. The zero-order valence-electron chi connectivity index (χ0n) is 7.37. The monoisotopic (exact) mass is 226 g/mol. The fraction of sp³-hybridized carbons (Fsp3) is 0.111. The topological polar surface area (TPSA) is 37.8 Å². The molecule has 0 saturated heterocycles. The van der Waals surface area contributed by atoms with Crippen molar-refractivity contribution >= 4 is 34.7 Å². The van der Waals surface area contributed by atoms with E-state index in [2.05, 4.69) is 4.98 Å². The third kappa shape index (κ3) is 1.27. The standard InChI is InChI=1S/C9H7ClN2OS/c1-12-8(13)7-5(10)3-2-4-6(7)11-9(12)14/h2-4H,1H3,(H,11,14). The van der Waals surface area contributed by atoms with Crippen LogP contribution < -0.4 is 5.56 Å². The first-order valence-electron chi connectivity index (χ1n) is 3.99. The van der Waals surface area contributed by atoms with Crippen LogP contribution >= 0.6 is 23.8 Å². The molecule has 0 aliphatic heterocycles. The average Bonchev–Trinajstić information content (AvgIpc) is 2.14. The van der Waals surface area contributed by atoms with E-state index in [1.807, 2.05) is 0 Å². The summed E-state index contributed by atoms with van der Waals surface area (Å²) in [5.74, 6) is 0. The van der Waals surface area contributed by atoms with Crippen molar-refractivity contribution in [3.8, 4) is 0 Å². The number of aromatic amines is 1. The summed E-state index contributed by atoms with van der Waals surface area (Å²) in [6.45, 7) is 0. The number of hydrogen-bond donors (Lipinski definition) is 1. The number of rotatable bonds is 0. The molecule has 0 bridgehead atoms. The number of hydrogen-bond acceptors (Lipinski definition) is 2. The van der Waals surface area contributed by atoms with Gasteiger partial charge in [0.05, 0.1) is 15.9 Å². The van der Waals surface area contributed by atoms with E-state index in [1.54, 1.807) is 25.2 Å². The summed E-state index contributed by atoms with van der Waals surface area (Å²) in [4.78, 5) is 14.7. The van der Waals surface area contributed by atoms with E-state index in [9.17, 15) is 4.79 Å². The van der Waals surface area contributed by atoms with Crippen molar-refractivity contribution in [1.82, 2.24) is 9.55 Å². The van der Waals surface area contributed by atoms with Gasteiger partial charge in [-0.25, -0.2) is 0 Å². The number of nitrogens with zero attached hydrogens (tertiary/aromatic N) is 1. The Balaban J connectivity index is 3.15. The Hall–Kier alpha value is -1.13. The summed E-state index contributed by atoms with van der Waals surface area (Å²) < 4.78 is 1.76. The van der Waals surface area contributed by atoms with Gasteiger partial charge >= 0.3 is 0 Å². The maximum atomic E-state index is 11.8. The van der Waals surface area contributed by atoms with Gasteiger partial charge in [0.2, 0.25) is 0 Å². The molecule has 0 aliphatic rings. The fourth-order valence-electron chi connectivity index (χ4n) is 1.30. The van der Waals surface area contributed by atoms with Gasteiger partial charge in [0, 0.05) is 7.05 Å². The molecule has 1 heterocycles. The third-order valence-electron chi connectivity index (χ3n) is 2.08. The van der Waals surface area contributed by atoms with E-state index in [0.29, 0.717) is 20.7 Å². The minimum absolute atomic E-state index is 0.172. The highest BCUT2D eigenvalue weighted by molar-refractivity contribution is 7.71. The summed E-state index contributed by atoms with van der Waals surface area (Å²) >= 11 is 10.9. The molecular formula is C9H7ClN2OS. The highest BCUT2D eigenvalue weighted by Gasteiger charge is 2.05. The van der Waals surface area contributed by atoms with Crippen LogP contribution in [-0.4, -0.2) is 9.55 Å². The lowest BCUT2D eigenvalue weighted by Crippen LogP contribution is -2.18. The first kappa shape index (κ1) is 9.43. The Morgan fingerprint density at radius 3 is 2.93 bits per heavy atom. The molecule has 0 unspecified atom stereocenters. The number of halogens is 1. The zero-order valence-corrected chi connectivity index (χ0v) is 8.95. The summed E-state index contributed by atoms with van der Waals surface area (Å²) in [6.07, 6.45) is 0. The van der Waals surface area contributed by atoms with Crippen LogP contribution in [0.4, 0.5) is 0 Å². The van der Waals surface area contributed by atoms with Gasteiger partial charge < -0.3 is 4.98 Å². The molecule has 0 amide bonds. The highest BCUT2D eigenvalue weighted by Crippen LogP contribution is 2.17. The van der Waals surface area contributed by atoms with Crippen molar-refractivity contribution in [3.05, 3.63) is 38.3 Å². The van der Waals surface area contributed by atoms with Gasteiger partial charge in [0.25, 0.3) is 5.56 Å². The second kappa shape index (κ2) is 3.22. The normalized spacial score (nSPS) is 10.7. The first-order valence-corrected chi connectivity index (χ1v) is 4.77. The van der Waals surface area contributed by atoms with Crippen LogP contribution in [0, 0.1) is 4.77 Å². The van der Waals surface area contributed by atoms with Crippen molar-refractivity contribution in [2.75, 3.05) is 0 Å². The van der Waals surface area contributed by atoms with Gasteiger partial charge in [0.15, 0.2) is 4.77 Å². The maximum Gasteiger partial charge on any atom is 0.263 e. The number of H-pyrrole nitrogens is 1. The van der Waals surface area contributed by atoms with Crippen LogP contribution in [0.15, 0.2) is 23.0 Å². The minimum Gasteiger partial charge on any atom is -0.332 e. The minimum atomic E-state index is -0.172. The van der Waals surface area contributed by atoms with Crippen molar-refractivity contribution in [3.63, 3.8) is 0 Å². The SMILES string of the molecule is Cn1c(=S)[nH]c2cccc(Cl)c2c1=O. The van der Waals surface area contributed by atoms with Gasteiger partial charge in [-0.05, 0) is 24.4 Å². The van der Waals surface area contributed by atoms with Crippen LogP contribution in [0.2, 0.25) is 5.02 Å². The molecule has 0 radical (unpaired) electrons. The molecule has 0 aliphatic carbocycles. The largest absolute Gasteiger partial charge is 0.332 e. The van der Waals surface area contributed by atoms with Gasteiger partial charge in [-0.2, -0.15) is 0 Å². The number of fused-ring (bicyclic) bond motifs is 1. The predicted octanol–water partition coefficient (Wildman–Crippen LogP) is 2.25. The van der Waals surface area contributed by atoms with E-state index >= 15 is 0 Å². The van der Waals surface area contributed by atoms with E-state index in [-0.39, 0.29) is 5.56 Å². The lowest BCUT2D eigenvalue weighted by Gasteiger charge is -2.02. The Morgan fingerprint density at radius 1 is 1.50 bits per heavy atom. The molecule has 14 heavy (non-hydrogen) atoms. The lowest BCUT2D eigenvalue weighted by atomic mass is 10.2. The zero-order chi connectivity index (χ0) is 10.3. The van der Waals surface area contributed by atoms with Crippen molar-refractivity contribution in [2.24, 2.45) is 7.05 Å². The second-order valence-corrected chi connectivity index (χ2v) is 3.75. The van der Waals surface area contributed by atoms with Crippen molar-refractivity contribution < 1.29 is 0 Å². The average molecular weight is 227 g/mol. The summed E-state index contributed by atoms with van der Waals surface area (Å²) in [5, 5.41) is 0.916. The predicted molar refractivity (Wildman–Crippen MR) is 59.4 cm³/mol.